The van der Waals surface area contributed by atoms with Crippen LogP contribution < -0.4 is 10.1 Å². The lowest BCUT2D eigenvalue weighted by molar-refractivity contribution is 0.414. The van der Waals surface area contributed by atoms with Crippen molar-refractivity contribution in [3.63, 3.8) is 0 Å². The first-order chi connectivity index (χ1) is 14.1. The van der Waals surface area contributed by atoms with Gasteiger partial charge in [-0.15, -0.1) is 0 Å². The van der Waals surface area contributed by atoms with Crippen LogP contribution in [0.4, 0.5) is 10.3 Å². The van der Waals surface area contributed by atoms with Crippen LogP contribution in [-0.4, -0.2) is 16.7 Å². The van der Waals surface area contributed by atoms with Crippen molar-refractivity contribution in [2.24, 2.45) is 0 Å². The average Bonchev–Trinajstić information content (AvgIpc) is 3.13. The van der Waals surface area contributed by atoms with Crippen molar-refractivity contribution < 1.29 is 9.13 Å². The number of para-hydroxylation sites is 2. The Labute approximate surface area is 175 Å². The van der Waals surface area contributed by atoms with Gasteiger partial charge in [-0.25, -0.2) is 9.37 Å². The van der Waals surface area contributed by atoms with Crippen molar-refractivity contribution in [2.75, 3.05) is 12.4 Å². The minimum atomic E-state index is -0.350. The molecule has 0 saturated heterocycles. The van der Waals surface area contributed by atoms with E-state index < -0.39 is 0 Å². The molecule has 1 N–H and O–H groups in total. The Hall–Kier alpha value is -3.12. The maximum absolute atomic E-state index is 14.9. The smallest absolute Gasteiger partial charge is 0.209 e. The Kier molecular flexibility index (Phi) is 4.36. The topological polar surface area (TPSA) is 39.1 Å². The molecule has 0 radical (unpaired) electrons. The molecule has 0 amide bonds. The largest absolute Gasteiger partial charge is 0.497 e. The summed E-state index contributed by atoms with van der Waals surface area (Å²) in [7, 11) is 1.64. The van der Waals surface area contributed by atoms with Crippen LogP contribution in [0.15, 0.2) is 77.3 Å². The molecule has 1 aliphatic rings. The van der Waals surface area contributed by atoms with Crippen molar-refractivity contribution in [3.8, 4) is 5.75 Å². The number of aromatic nitrogens is 2. The molecule has 6 heteroatoms. The molecule has 0 aliphatic carbocycles. The van der Waals surface area contributed by atoms with Gasteiger partial charge in [0.2, 0.25) is 5.95 Å². The summed E-state index contributed by atoms with van der Waals surface area (Å²) in [6, 6.07) is 20.3. The average molecular weight is 450 g/mol. The Morgan fingerprint density at radius 1 is 1.07 bits per heavy atom. The highest BCUT2D eigenvalue weighted by Crippen LogP contribution is 2.38. The number of nitrogens with one attached hydrogen (secondary N) is 1. The molecule has 1 aliphatic heterocycles. The molecule has 4 nitrogen and oxygen atoms in total. The zero-order valence-electron chi connectivity index (χ0n) is 15.6. The number of halogens is 2. The van der Waals surface area contributed by atoms with E-state index in [0.29, 0.717) is 11.5 Å². The fourth-order valence-corrected chi connectivity index (χ4v) is 4.12. The van der Waals surface area contributed by atoms with Crippen LogP contribution in [0.1, 0.15) is 17.2 Å². The van der Waals surface area contributed by atoms with Gasteiger partial charge in [0.1, 0.15) is 11.6 Å². The normalized spacial score (nSPS) is 15.6. The summed E-state index contributed by atoms with van der Waals surface area (Å²) in [6.45, 7) is 0. The van der Waals surface area contributed by atoms with E-state index in [-0.39, 0.29) is 11.9 Å². The lowest BCUT2D eigenvalue weighted by Crippen LogP contribution is -2.20. The van der Waals surface area contributed by atoms with Crippen molar-refractivity contribution >= 4 is 38.6 Å². The molecule has 1 aromatic heterocycles. The molecule has 0 bridgehead atoms. The number of hydrogen-bond acceptors (Lipinski definition) is 3. The second kappa shape index (κ2) is 7.04. The van der Waals surface area contributed by atoms with Crippen LogP contribution in [-0.2, 0) is 0 Å². The van der Waals surface area contributed by atoms with Gasteiger partial charge in [0.05, 0.1) is 24.2 Å². The van der Waals surface area contributed by atoms with Gasteiger partial charge < -0.3 is 10.1 Å². The molecule has 1 unspecified atom stereocenters. The minimum absolute atomic E-state index is 0.259. The minimum Gasteiger partial charge on any atom is -0.497 e. The third kappa shape index (κ3) is 3.09. The van der Waals surface area contributed by atoms with Crippen molar-refractivity contribution in [1.82, 2.24) is 9.55 Å². The number of ether oxygens (including phenoxy) is 1. The van der Waals surface area contributed by atoms with E-state index in [2.05, 4.69) is 21.2 Å². The number of allylic oxidation sites excluding steroid dienone is 1. The predicted octanol–water partition coefficient (Wildman–Crippen LogP) is 6.00. The van der Waals surface area contributed by atoms with Gasteiger partial charge in [0.15, 0.2) is 0 Å². The molecule has 29 heavy (non-hydrogen) atoms. The molecule has 0 saturated carbocycles. The van der Waals surface area contributed by atoms with Gasteiger partial charge in [-0.1, -0.05) is 40.2 Å². The molecular formula is C23H17BrFN3O. The monoisotopic (exact) mass is 449 g/mol. The first-order valence-corrected chi connectivity index (χ1v) is 9.98. The van der Waals surface area contributed by atoms with E-state index in [1.54, 1.807) is 13.2 Å². The maximum atomic E-state index is 14.9. The van der Waals surface area contributed by atoms with Crippen LogP contribution in [0.25, 0.3) is 16.7 Å². The molecule has 4 aromatic rings. The molecule has 1 atom stereocenters. The van der Waals surface area contributed by atoms with E-state index in [9.17, 15) is 4.39 Å². The number of hydrogen-bond donors (Lipinski definition) is 1. The quantitative estimate of drug-likeness (QED) is 0.416. The number of methoxy groups -OCH3 is 1. The Morgan fingerprint density at radius 3 is 2.79 bits per heavy atom. The highest BCUT2D eigenvalue weighted by atomic mass is 79.9. The van der Waals surface area contributed by atoms with Gasteiger partial charge in [0, 0.05) is 21.3 Å². The molecular weight excluding hydrogens is 433 g/mol. The summed E-state index contributed by atoms with van der Waals surface area (Å²) >= 11 is 3.48. The van der Waals surface area contributed by atoms with Gasteiger partial charge >= 0.3 is 0 Å². The van der Waals surface area contributed by atoms with Gasteiger partial charge in [-0.3, -0.25) is 4.57 Å². The lowest BCUT2D eigenvalue weighted by Gasteiger charge is -2.27. The molecule has 2 heterocycles. The maximum Gasteiger partial charge on any atom is 0.209 e. The predicted molar refractivity (Wildman–Crippen MR) is 117 cm³/mol. The van der Waals surface area contributed by atoms with Crippen LogP contribution in [0, 0.1) is 5.82 Å². The Bertz CT molecular complexity index is 1260. The van der Waals surface area contributed by atoms with E-state index >= 15 is 0 Å². The summed E-state index contributed by atoms with van der Waals surface area (Å²) in [5.74, 6) is 1.18. The van der Waals surface area contributed by atoms with Crippen LogP contribution in [0.5, 0.6) is 5.75 Å². The number of nitrogens with zero attached hydrogens (tertiary/aromatic N) is 2. The Morgan fingerprint density at radius 2 is 1.93 bits per heavy atom. The van der Waals surface area contributed by atoms with Crippen molar-refractivity contribution in [2.45, 2.75) is 6.04 Å². The van der Waals surface area contributed by atoms with Crippen molar-refractivity contribution in [3.05, 3.63) is 94.2 Å². The first-order valence-electron chi connectivity index (χ1n) is 9.19. The van der Waals surface area contributed by atoms with Gasteiger partial charge in [-0.2, -0.15) is 0 Å². The van der Waals surface area contributed by atoms with Crippen LogP contribution >= 0.6 is 15.9 Å². The summed E-state index contributed by atoms with van der Waals surface area (Å²) in [5.41, 5.74) is 4.18. The highest BCUT2D eigenvalue weighted by molar-refractivity contribution is 9.10. The second-order valence-electron chi connectivity index (χ2n) is 6.84. The van der Waals surface area contributed by atoms with Crippen LogP contribution in [0.2, 0.25) is 0 Å². The lowest BCUT2D eigenvalue weighted by atomic mass is 10.0. The fourth-order valence-electron chi connectivity index (χ4n) is 3.74. The number of fused-ring (bicyclic) bond motifs is 3. The standard InChI is InChI=1S/C23H17BrFN3O/c1-29-16-6-4-5-14(11-16)20-13-22(17-12-15(24)9-10-18(17)25)28-21-8-3-2-7-19(21)26-23(28)27-20/h2-13,22H,1H3,(H,26,27). The van der Waals surface area contributed by atoms with E-state index in [1.807, 2.05) is 65.2 Å². The van der Waals surface area contributed by atoms with Gasteiger partial charge in [0.25, 0.3) is 0 Å². The second-order valence-corrected chi connectivity index (χ2v) is 7.76. The van der Waals surface area contributed by atoms with Gasteiger partial charge in [-0.05, 0) is 48.5 Å². The van der Waals surface area contributed by atoms with E-state index in [0.717, 1.165) is 32.5 Å². The molecule has 0 fully saturated rings. The molecule has 144 valence electrons. The third-order valence-electron chi connectivity index (χ3n) is 5.10. The molecule has 5 rings (SSSR count). The summed E-state index contributed by atoms with van der Waals surface area (Å²) in [6.07, 6.45) is 2.03. The zero-order valence-corrected chi connectivity index (χ0v) is 17.2. The first kappa shape index (κ1) is 17.9. The van der Waals surface area contributed by atoms with E-state index in [4.69, 9.17) is 9.72 Å². The third-order valence-corrected chi connectivity index (χ3v) is 5.60. The fraction of sp³-hybridized carbons (Fsp3) is 0.0870. The van der Waals surface area contributed by atoms with E-state index in [1.165, 1.54) is 6.07 Å². The number of benzene rings is 3. The highest BCUT2D eigenvalue weighted by Gasteiger charge is 2.27. The molecule has 3 aromatic carbocycles. The molecule has 0 spiro atoms. The van der Waals surface area contributed by atoms with Crippen molar-refractivity contribution in [1.29, 1.82) is 0 Å². The summed E-state index contributed by atoms with van der Waals surface area (Å²) < 4.78 is 23.1. The number of imidazole rings is 1. The summed E-state index contributed by atoms with van der Waals surface area (Å²) in [5, 5.41) is 3.41. The number of rotatable bonds is 3. The Balaban J connectivity index is 1.74. The number of anilines is 1. The SMILES string of the molecule is COc1cccc(C2=CC(c3cc(Br)ccc3F)n3c(nc4ccccc43)N2)c1. The zero-order chi connectivity index (χ0) is 20.0. The van der Waals surface area contributed by atoms with Crippen LogP contribution in [0.3, 0.4) is 0 Å². The summed E-state index contributed by atoms with van der Waals surface area (Å²) in [4.78, 5) is 4.75.